The van der Waals surface area contributed by atoms with E-state index in [1.807, 2.05) is 6.07 Å². The first kappa shape index (κ1) is 6.82. The summed E-state index contributed by atoms with van der Waals surface area (Å²) in [5, 5.41) is 11.6. The van der Waals surface area contributed by atoms with Crippen molar-refractivity contribution >= 4 is 38.0 Å². The van der Waals surface area contributed by atoms with Crippen molar-refractivity contribution in [1.82, 2.24) is 0 Å². The van der Waals surface area contributed by atoms with E-state index < -0.39 is 5.97 Å². The van der Waals surface area contributed by atoms with Crippen LogP contribution in [0, 0.1) is 5.38 Å². The van der Waals surface area contributed by atoms with Crippen LogP contribution in [0.25, 0.3) is 9.40 Å². The number of hydrogen-bond donors (Lipinski definition) is 1. The molecule has 55 valence electrons. The summed E-state index contributed by atoms with van der Waals surface area (Å²) in [6, 6.07) is 3.50. The van der Waals surface area contributed by atoms with Crippen LogP contribution in [0.1, 0.15) is 9.67 Å². The van der Waals surface area contributed by atoms with Crippen LogP contribution in [0.3, 0.4) is 0 Å². The average molecular weight is 183 g/mol. The smallest absolute Gasteiger partial charge is 0.345 e. The maximum absolute atomic E-state index is 10.5. The summed E-state index contributed by atoms with van der Waals surface area (Å²) in [6.07, 6.45) is 0. The third-order valence-electron chi connectivity index (χ3n) is 1.29. The van der Waals surface area contributed by atoms with Crippen LogP contribution in [0.2, 0.25) is 0 Å². The number of hydrogen-bond acceptors (Lipinski definition) is 3. The minimum absolute atomic E-state index is 0.403. The van der Waals surface area contributed by atoms with Gasteiger partial charge >= 0.3 is 5.97 Å². The molecule has 0 saturated carbocycles. The van der Waals surface area contributed by atoms with E-state index >= 15 is 0 Å². The molecule has 0 amide bonds. The van der Waals surface area contributed by atoms with E-state index in [2.05, 4.69) is 5.38 Å². The molecule has 2 aromatic heterocycles. The average Bonchev–Trinajstić information content (AvgIpc) is 2.40. The van der Waals surface area contributed by atoms with Crippen molar-refractivity contribution in [3.05, 3.63) is 22.4 Å². The van der Waals surface area contributed by atoms with Crippen molar-refractivity contribution in [2.75, 3.05) is 0 Å². The zero-order valence-corrected chi connectivity index (χ0v) is 6.96. The number of rotatable bonds is 1. The highest BCUT2D eigenvalue weighted by Gasteiger charge is 2.07. The molecule has 0 aliphatic heterocycles. The molecule has 2 heterocycles. The maximum atomic E-state index is 10.5. The molecule has 0 atom stereocenters. The first-order valence-corrected chi connectivity index (χ1v) is 4.53. The highest BCUT2D eigenvalue weighted by atomic mass is 32.1. The van der Waals surface area contributed by atoms with Gasteiger partial charge in [-0.05, 0) is 12.1 Å². The number of carboxylic acids is 1. The molecule has 0 aromatic carbocycles. The fraction of sp³-hybridized carbons (Fsp3) is 0. The Kier molecular flexibility index (Phi) is 1.44. The Morgan fingerprint density at radius 1 is 1.55 bits per heavy atom. The molecule has 1 N–H and O–H groups in total. The van der Waals surface area contributed by atoms with Crippen molar-refractivity contribution < 1.29 is 9.90 Å². The van der Waals surface area contributed by atoms with Gasteiger partial charge < -0.3 is 5.11 Å². The van der Waals surface area contributed by atoms with E-state index in [0.29, 0.717) is 4.88 Å². The van der Waals surface area contributed by atoms with Gasteiger partial charge in [-0.25, -0.2) is 4.79 Å². The fourth-order valence-electron chi connectivity index (χ4n) is 0.821. The monoisotopic (exact) mass is 183 g/mol. The third-order valence-corrected chi connectivity index (χ3v) is 3.29. The Morgan fingerprint density at radius 2 is 2.36 bits per heavy atom. The summed E-state index contributed by atoms with van der Waals surface area (Å²) in [4.78, 5) is 10.9. The van der Waals surface area contributed by atoms with E-state index in [9.17, 15) is 4.79 Å². The summed E-state index contributed by atoms with van der Waals surface area (Å²) in [6.45, 7) is 0. The molecule has 0 aliphatic rings. The lowest BCUT2D eigenvalue weighted by atomic mass is 10.4. The molecular formula is C7H3O2S2. The Morgan fingerprint density at radius 3 is 3.00 bits per heavy atom. The molecule has 0 aliphatic carbocycles. The number of carbonyl (C=O) groups is 1. The SMILES string of the molecule is O=C(O)c1cc2s[c]cc2s1. The first-order valence-electron chi connectivity index (χ1n) is 2.90. The van der Waals surface area contributed by atoms with Crippen molar-refractivity contribution in [2.45, 2.75) is 0 Å². The highest BCUT2D eigenvalue weighted by Crippen LogP contribution is 2.29. The van der Waals surface area contributed by atoms with Gasteiger partial charge in [0.25, 0.3) is 0 Å². The van der Waals surface area contributed by atoms with Crippen LogP contribution in [-0.4, -0.2) is 11.1 Å². The second-order valence-electron chi connectivity index (χ2n) is 2.01. The molecule has 2 rings (SSSR count). The van der Waals surface area contributed by atoms with E-state index in [1.165, 1.54) is 22.7 Å². The standard InChI is InChI=1S/C7H3O2S2/c8-7(9)6-3-5-4(11-6)1-2-10-5/h1,3H,(H,8,9). The van der Waals surface area contributed by atoms with Gasteiger partial charge in [0.05, 0.1) is 0 Å². The number of fused-ring (bicyclic) bond motifs is 1. The van der Waals surface area contributed by atoms with Crippen LogP contribution in [0.5, 0.6) is 0 Å². The Labute approximate surface area is 70.7 Å². The third kappa shape index (κ3) is 1.04. The van der Waals surface area contributed by atoms with Crippen molar-refractivity contribution in [3.8, 4) is 0 Å². The van der Waals surface area contributed by atoms with E-state index in [4.69, 9.17) is 5.11 Å². The molecule has 2 aromatic rings. The lowest BCUT2D eigenvalue weighted by Crippen LogP contribution is -1.89. The van der Waals surface area contributed by atoms with Crippen LogP contribution >= 0.6 is 22.7 Å². The number of aromatic carboxylic acids is 1. The van der Waals surface area contributed by atoms with Crippen molar-refractivity contribution in [3.63, 3.8) is 0 Å². The molecule has 4 heteroatoms. The molecule has 0 bridgehead atoms. The second kappa shape index (κ2) is 2.32. The minimum atomic E-state index is -0.849. The van der Waals surface area contributed by atoms with Crippen LogP contribution in [0.15, 0.2) is 12.1 Å². The lowest BCUT2D eigenvalue weighted by Gasteiger charge is -1.79. The second-order valence-corrected chi connectivity index (χ2v) is 3.97. The molecule has 0 spiro atoms. The predicted molar refractivity (Wildman–Crippen MR) is 45.5 cm³/mol. The van der Waals surface area contributed by atoms with Crippen molar-refractivity contribution in [1.29, 1.82) is 0 Å². The van der Waals surface area contributed by atoms with Gasteiger partial charge in [0.15, 0.2) is 0 Å². The van der Waals surface area contributed by atoms with Crippen LogP contribution < -0.4 is 0 Å². The maximum Gasteiger partial charge on any atom is 0.345 e. The van der Waals surface area contributed by atoms with Gasteiger partial charge in [0, 0.05) is 14.8 Å². The topological polar surface area (TPSA) is 37.3 Å². The summed E-state index contributed by atoms with van der Waals surface area (Å²) in [5.41, 5.74) is 0. The first-order chi connectivity index (χ1) is 5.27. The quantitative estimate of drug-likeness (QED) is 0.737. The summed E-state index contributed by atoms with van der Waals surface area (Å²) in [7, 11) is 0. The summed E-state index contributed by atoms with van der Waals surface area (Å²) < 4.78 is 2.01. The van der Waals surface area contributed by atoms with E-state index in [-0.39, 0.29) is 0 Å². The van der Waals surface area contributed by atoms with Gasteiger partial charge in [0.1, 0.15) is 4.88 Å². The Hall–Kier alpha value is -0.870. The zero-order chi connectivity index (χ0) is 7.84. The largest absolute Gasteiger partial charge is 0.477 e. The summed E-state index contributed by atoms with van der Waals surface area (Å²) >= 11 is 2.74. The normalized spacial score (nSPS) is 10.5. The fourth-order valence-corrected chi connectivity index (χ4v) is 2.64. The predicted octanol–water partition coefficient (Wildman–Crippen LogP) is 2.46. The molecule has 0 saturated heterocycles. The Bertz CT molecular complexity index is 371. The highest BCUT2D eigenvalue weighted by molar-refractivity contribution is 7.27. The van der Waals surface area contributed by atoms with Crippen molar-refractivity contribution in [2.24, 2.45) is 0 Å². The molecule has 0 fully saturated rings. The van der Waals surface area contributed by atoms with Gasteiger partial charge in [-0.1, -0.05) is 0 Å². The molecule has 11 heavy (non-hydrogen) atoms. The van der Waals surface area contributed by atoms with Gasteiger partial charge in [-0.15, -0.1) is 22.7 Å². The van der Waals surface area contributed by atoms with Crippen LogP contribution in [0.4, 0.5) is 0 Å². The van der Waals surface area contributed by atoms with E-state index in [0.717, 1.165) is 9.40 Å². The molecule has 2 nitrogen and oxygen atoms in total. The lowest BCUT2D eigenvalue weighted by molar-refractivity contribution is 0.0702. The van der Waals surface area contributed by atoms with Gasteiger partial charge in [-0.3, -0.25) is 0 Å². The minimum Gasteiger partial charge on any atom is -0.477 e. The van der Waals surface area contributed by atoms with Gasteiger partial charge in [-0.2, -0.15) is 0 Å². The molecule has 0 unspecified atom stereocenters. The van der Waals surface area contributed by atoms with Gasteiger partial charge in [0.2, 0.25) is 0 Å². The zero-order valence-electron chi connectivity index (χ0n) is 5.33. The number of carboxylic acid groups (broad SMARTS) is 1. The molecule has 1 radical (unpaired) electrons. The van der Waals surface area contributed by atoms with E-state index in [1.54, 1.807) is 6.07 Å². The number of thiophene rings is 2. The summed E-state index contributed by atoms with van der Waals surface area (Å²) in [5.74, 6) is -0.849. The molecular weight excluding hydrogens is 180 g/mol. The Balaban J connectivity index is 2.67. The van der Waals surface area contributed by atoms with Crippen LogP contribution in [-0.2, 0) is 0 Å².